The Hall–Kier alpha value is -3.63. The molecular weight excluding hydrogens is 447 g/mol. The van der Waals surface area contributed by atoms with E-state index < -0.39 is 10.8 Å². The first-order valence-electron chi connectivity index (χ1n) is 8.92. The number of amides is 1. The Morgan fingerprint density at radius 1 is 1.13 bits per heavy atom. The van der Waals surface area contributed by atoms with Crippen LogP contribution in [0, 0.1) is 10.1 Å². The van der Waals surface area contributed by atoms with Crippen molar-refractivity contribution in [3.8, 4) is 0 Å². The van der Waals surface area contributed by atoms with E-state index in [0.29, 0.717) is 28.2 Å². The minimum atomic E-state index is -0.538. The third-order valence-electron chi connectivity index (χ3n) is 4.30. The molecule has 4 rings (SSSR count). The average Bonchev–Trinajstić information content (AvgIpc) is 3.47. The molecule has 0 aliphatic heterocycles. The van der Waals surface area contributed by atoms with E-state index in [4.69, 9.17) is 27.6 Å². The smallest absolute Gasteiger partial charge is 0.307 e. The van der Waals surface area contributed by atoms with Crippen molar-refractivity contribution in [2.45, 2.75) is 13.1 Å². The maximum atomic E-state index is 12.4. The van der Waals surface area contributed by atoms with Crippen LogP contribution in [0.15, 0.2) is 59.4 Å². The number of nitrogens with one attached hydrogen (secondary N) is 1. The molecule has 3 heterocycles. The second-order valence-electron chi connectivity index (χ2n) is 6.47. The highest BCUT2D eigenvalue weighted by molar-refractivity contribution is 6.35. The number of anilines is 1. The van der Waals surface area contributed by atoms with Gasteiger partial charge in [0.1, 0.15) is 18.2 Å². The molecule has 0 atom stereocenters. The molecule has 0 aliphatic carbocycles. The fourth-order valence-corrected chi connectivity index (χ4v) is 3.33. The number of hydrogen-bond donors (Lipinski definition) is 1. The highest BCUT2D eigenvalue weighted by Crippen LogP contribution is 2.25. The molecule has 0 bridgehead atoms. The topological polar surface area (TPSA) is 121 Å². The fraction of sp³-hybridized carbons (Fsp3) is 0.105. The molecule has 1 aromatic carbocycles. The van der Waals surface area contributed by atoms with E-state index in [1.165, 1.54) is 16.9 Å². The van der Waals surface area contributed by atoms with E-state index in [-0.39, 0.29) is 18.0 Å². The van der Waals surface area contributed by atoms with Crippen LogP contribution in [0.5, 0.6) is 0 Å². The first-order chi connectivity index (χ1) is 14.9. The lowest BCUT2D eigenvalue weighted by atomic mass is 10.2. The van der Waals surface area contributed by atoms with Gasteiger partial charge < -0.3 is 9.73 Å². The van der Waals surface area contributed by atoms with Gasteiger partial charge in [-0.2, -0.15) is 10.2 Å². The van der Waals surface area contributed by atoms with Crippen molar-refractivity contribution >= 4 is 40.6 Å². The number of nitrogens with zero attached hydrogens (tertiary/aromatic N) is 5. The van der Waals surface area contributed by atoms with Gasteiger partial charge in [-0.3, -0.25) is 24.3 Å². The lowest BCUT2D eigenvalue weighted by molar-refractivity contribution is -0.385. The molecule has 12 heteroatoms. The molecule has 158 valence electrons. The first kappa shape index (κ1) is 20.6. The van der Waals surface area contributed by atoms with Crippen LogP contribution in [0.4, 0.5) is 11.5 Å². The van der Waals surface area contributed by atoms with Crippen LogP contribution in [-0.4, -0.2) is 30.4 Å². The van der Waals surface area contributed by atoms with Crippen molar-refractivity contribution in [3.05, 3.63) is 92.2 Å². The highest BCUT2D eigenvalue weighted by atomic mass is 35.5. The number of halogens is 2. The predicted octanol–water partition coefficient (Wildman–Crippen LogP) is 4.24. The number of aromatic nitrogens is 4. The summed E-state index contributed by atoms with van der Waals surface area (Å²) in [5.74, 6) is 0.329. The highest BCUT2D eigenvalue weighted by Gasteiger charge is 2.15. The van der Waals surface area contributed by atoms with Crippen molar-refractivity contribution in [3.63, 3.8) is 0 Å². The zero-order valence-corrected chi connectivity index (χ0v) is 17.2. The van der Waals surface area contributed by atoms with Crippen LogP contribution >= 0.6 is 23.2 Å². The van der Waals surface area contributed by atoms with E-state index >= 15 is 0 Å². The number of nitro groups is 1. The van der Waals surface area contributed by atoms with Crippen LogP contribution in [-0.2, 0) is 13.1 Å². The molecule has 4 aromatic rings. The summed E-state index contributed by atoms with van der Waals surface area (Å²) in [6.07, 6.45) is 4.11. The monoisotopic (exact) mass is 460 g/mol. The van der Waals surface area contributed by atoms with Crippen molar-refractivity contribution in [1.29, 1.82) is 0 Å². The summed E-state index contributed by atoms with van der Waals surface area (Å²) in [6.45, 7) is 0.490. The molecule has 0 saturated carbocycles. The molecule has 0 radical (unpaired) electrons. The summed E-state index contributed by atoms with van der Waals surface area (Å²) in [4.78, 5) is 22.6. The molecule has 1 N–H and O–H groups in total. The Labute approximate surface area is 185 Å². The summed E-state index contributed by atoms with van der Waals surface area (Å²) in [7, 11) is 0. The number of carbonyl (C=O) groups excluding carboxylic acids is 1. The quantitative estimate of drug-likeness (QED) is 0.325. The van der Waals surface area contributed by atoms with Crippen molar-refractivity contribution in [1.82, 2.24) is 19.6 Å². The van der Waals surface area contributed by atoms with Crippen LogP contribution in [0.3, 0.4) is 0 Å². The molecule has 0 spiro atoms. The van der Waals surface area contributed by atoms with Gasteiger partial charge in [0, 0.05) is 27.9 Å². The summed E-state index contributed by atoms with van der Waals surface area (Å²) >= 11 is 12.4. The van der Waals surface area contributed by atoms with Crippen molar-refractivity contribution in [2.75, 3.05) is 5.32 Å². The molecular formula is C19H14Cl2N6O4. The van der Waals surface area contributed by atoms with E-state index in [0.717, 1.165) is 11.8 Å². The Morgan fingerprint density at radius 2 is 1.90 bits per heavy atom. The molecule has 0 fully saturated rings. The van der Waals surface area contributed by atoms with Gasteiger partial charge in [-0.1, -0.05) is 29.3 Å². The molecule has 0 unspecified atom stereocenters. The number of hydrogen-bond acceptors (Lipinski definition) is 6. The third kappa shape index (κ3) is 4.76. The minimum absolute atomic E-state index is 0.0698. The van der Waals surface area contributed by atoms with E-state index in [2.05, 4.69) is 15.5 Å². The van der Waals surface area contributed by atoms with Crippen LogP contribution in [0.1, 0.15) is 21.9 Å². The van der Waals surface area contributed by atoms with Gasteiger partial charge in [0.25, 0.3) is 5.91 Å². The van der Waals surface area contributed by atoms with Gasteiger partial charge >= 0.3 is 5.69 Å². The lowest BCUT2D eigenvalue weighted by Crippen LogP contribution is -2.12. The van der Waals surface area contributed by atoms with Crippen LogP contribution < -0.4 is 5.32 Å². The first-order valence-corrected chi connectivity index (χ1v) is 9.68. The van der Waals surface area contributed by atoms with Gasteiger partial charge in [-0.15, -0.1) is 0 Å². The standard InChI is InChI=1S/C19H14Cl2N6O4/c20-15-2-1-3-16(21)14(15)11-25-7-6-18(24-25)23-19(28)17-5-4-13(31-17)10-26-9-12(8-22-26)27(29)30/h1-9H,10-11H2,(H,23,24,28). The lowest BCUT2D eigenvalue weighted by Gasteiger charge is -2.06. The third-order valence-corrected chi connectivity index (χ3v) is 5.01. The van der Waals surface area contributed by atoms with Crippen molar-refractivity contribution < 1.29 is 14.1 Å². The minimum Gasteiger partial charge on any atom is -0.454 e. The number of carbonyl (C=O) groups is 1. The zero-order valence-electron chi connectivity index (χ0n) is 15.7. The van der Waals surface area contributed by atoms with Gasteiger partial charge in [-0.05, 0) is 24.3 Å². The predicted molar refractivity (Wildman–Crippen MR) is 112 cm³/mol. The Morgan fingerprint density at radius 3 is 2.61 bits per heavy atom. The normalized spacial score (nSPS) is 10.9. The summed E-state index contributed by atoms with van der Waals surface area (Å²) in [5, 5.41) is 22.6. The van der Waals surface area contributed by atoms with Gasteiger partial charge in [0.05, 0.1) is 18.0 Å². The Balaban J connectivity index is 1.39. The molecule has 31 heavy (non-hydrogen) atoms. The SMILES string of the molecule is O=C(Nc1ccn(Cc2c(Cl)cccc2Cl)n1)c1ccc(Cn2cc([N+](=O)[O-])cn2)o1. The molecule has 0 aliphatic rings. The maximum absolute atomic E-state index is 12.4. The summed E-state index contributed by atoms with van der Waals surface area (Å²) < 4.78 is 8.46. The fourth-order valence-electron chi connectivity index (χ4n) is 2.82. The van der Waals surface area contributed by atoms with Crippen molar-refractivity contribution in [2.24, 2.45) is 0 Å². The summed E-state index contributed by atoms with van der Waals surface area (Å²) in [6, 6.07) is 9.98. The van der Waals surface area contributed by atoms with Gasteiger partial charge in [0.15, 0.2) is 11.6 Å². The Bertz CT molecular complexity index is 1240. The van der Waals surface area contributed by atoms with Gasteiger partial charge in [-0.25, -0.2) is 0 Å². The van der Waals surface area contributed by atoms with E-state index in [1.54, 1.807) is 41.2 Å². The van der Waals surface area contributed by atoms with Crippen LogP contribution in [0.25, 0.3) is 0 Å². The van der Waals surface area contributed by atoms with E-state index in [9.17, 15) is 14.9 Å². The number of furan rings is 1. The zero-order chi connectivity index (χ0) is 22.0. The molecule has 0 saturated heterocycles. The second-order valence-corrected chi connectivity index (χ2v) is 7.29. The molecule has 10 nitrogen and oxygen atoms in total. The maximum Gasteiger partial charge on any atom is 0.307 e. The second kappa shape index (κ2) is 8.62. The molecule has 1 amide bonds. The number of rotatable bonds is 7. The van der Waals surface area contributed by atoms with E-state index in [1.807, 2.05) is 0 Å². The largest absolute Gasteiger partial charge is 0.454 e. The summed E-state index contributed by atoms with van der Waals surface area (Å²) in [5.41, 5.74) is 0.597. The Kier molecular flexibility index (Phi) is 5.74. The van der Waals surface area contributed by atoms with Gasteiger partial charge in [0.2, 0.25) is 0 Å². The number of benzene rings is 1. The van der Waals surface area contributed by atoms with Crippen LogP contribution in [0.2, 0.25) is 10.0 Å². The molecule has 3 aromatic heterocycles. The average molecular weight is 461 g/mol.